The number of esters is 1. The lowest BCUT2D eigenvalue weighted by atomic mass is 10.2. The van der Waals surface area contributed by atoms with E-state index in [-0.39, 0.29) is 12.0 Å². The van der Waals surface area contributed by atoms with Crippen molar-refractivity contribution in [2.45, 2.75) is 26.0 Å². The second-order valence-electron chi connectivity index (χ2n) is 3.83. The Balaban J connectivity index is 2.10. The maximum absolute atomic E-state index is 11.6. The Morgan fingerprint density at radius 3 is 2.76 bits per heavy atom. The van der Waals surface area contributed by atoms with Crippen LogP contribution in [0.25, 0.3) is 0 Å². The van der Waals surface area contributed by atoms with Gasteiger partial charge in [0.05, 0.1) is 12.6 Å². The lowest BCUT2D eigenvalue weighted by Gasteiger charge is -2.12. The molecule has 1 heterocycles. The monoisotopic (exact) mass is 233 g/mol. The molecule has 0 aliphatic carbocycles. The molecule has 0 spiro atoms. The van der Waals surface area contributed by atoms with Gasteiger partial charge in [-0.05, 0) is 26.0 Å². The molecule has 0 N–H and O–H groups in total. The Bertz CT molecular complexity index is 428. The SMILES string of the molecule is CCOC(=O)C1OC(c2ccccc2)=NC1C. The number of rotatable bonds is 3. The van der Waals surface area contributed by atoms with Crippen LogP contribution in [-0.4, -0.2) is 30.6 Å². The normalized spacial score (nSPS) is 22.8. The van der Waals surface area contributed by atoms with E-state index < -0.39 is 6.10 Å². The van der Waals surface area contributed by atoms with Crippen molar-refractivity contribution >= 4 is 11.9 Å². The standard InChI is InChI=1S/C13H15NO3/c1-3-16-13(15)11-9(2)14-12(17-11)10-7-5-4-6-8-10/h4-9,11H,3H2,1-2H3. The summed E-state index contributed by atoms with van der Waals surface area (Å²) in [6, 6.07) is 9.33. The van der Waals surface area contributed by atoms with E-state index in [1.54, 1.807) is 6.92 Å². The first-order chi connectivity index (χ1) is 8.22. The summed E-state index contributed by atoms with van der Waals surface area (Å²) >= 11 is 0. The molecule has 1 aromatic carbocycles. The number of nitrogens with zero attached hydrogens (tertiary/aromatic N) is 1. The van der Waals surface area contributed by atoms with Gasteiger partial charge in [-0.3, -0.25) is 0 Å². The smallest absolute Gasteiger partial charge is 0.349 e. The molecule has 90 valence electrons. The summed E-state index contributed by atoms with van der Waals surface area (Å²) in [6.45, 7) is 3.97. The summed E-state index contributed by atoms with van der Waals surface area (Å²) in [5.41, 5.74) is 0.881. The van der Waals surface area contributed by atoms with Gasteiger partial charge in [0.15, 0.2) is 0 Å². The fourth-order valence-electron chi connectivity index (χ4n) is 1.69. The largest absolute Gasteiger partial charge is 0.463 e. The van der Waals surface area contributed by atoms with Gasteiger partial charge in [0.1, 0.15) is 0 Å². The van der Waals surface area contributed by atoms with Crippen molar-refractivity contribution in [2.24, 2.45) is 4.99 Å². The van der Waals surface area contributed by atoms with Gasteiger partial charge in [-0.2, -0.15) is 0 Å². The highest BCUT2D eigenvalue weighted by Crippen LogP contribution is 2.18. The zero-order valence-corrected chi connectivity index (χ0v) is 9.92. The summed E-state index contributed by atoms with van der Waals surface area (Å²) in [7, 11) is 0. The molecule has 2 unspecified atom stereocenters. The summed E-state index contributed by atoms with van der Waals surface area (Å²) in [6.07, 6.45) is -0.620. The van der Waals surface area contributed by atoms with Crippen molar-refractivity contribution in [2.75, 3.05) is 6.61 Å². The molecular formula is C13H15NO3. The Kier molecular flexibility index (Phi) is 3.42. The van der Waals surface area contributed by atoms with E-state index in [4.69, 9.17) is 9.47 Å². The van der Waals surface area contributed by atoms with E-state index in [9.17, 15) is 4.79 Å². The minimum Gasteiger partial charge on any atom is -0.463 e. The van der Waals surface area contributed by atoms with E-state index in [1.807, 2.05) is 37.3 Å². The third-order valence-electron chi connectivity index (χ3n) is 2.54. The van der Waals surface area contributed by atoms with Crippen LogP contribution in [0.15, 0.2) is 35.3 Å². The zero-order chi connectivity index (χ0) is 12.3. The van der Waals surface area contributed by atoms with Gasteiger partial charge < -0.3 is 9.47 Å². The molecule has 0 saturated heterocycles. The van der Waals surface area contributed by atoms with Crippen LogP contribution in [0.4, 0.5) is 0 Å². The van der Waals surface area contributed by atoms with Crippen molar-refractivity contribution in [3.63, 3.8) is 0 Å². The van der Waals surface area contributed by atoms with E-state index in [1.165, 1.54) is 0 Å². The lowest BCUT2D eigenvalue weighted by molar-refractivity contribution is -0.151. The molecule has 1 aliphatic heterocycles. The van der Waals surface area contributed by atoms with Crippen LogP contribution < -0.4 is 0 Å². The number of aliphatic imine (C=N–C) groups is 1. The van der Waals surface area contributed by atoms with E-state index in [0.717, 1.165) is 5.56 Å². The predicted molar refractivity (Wildman–Crippen MR) is 63.9 cm³/mol. The van der Waals surface area contributed by atoms with Gasteiger partial charge in [-0.25, -0.2) is 9.79 Å². The second-order valence-corrected chi connectivity index (χ2v) is 3.83. The van der Waals surface area contributed by atoms with Crippen LogP contribution in [-0.2, 0) is 14.3 Å². The molecule has 17 heavy (non-hydrogen) atoms. The maximum Gasteiger partial charge on any atom is 0.349 e. The van der Waals surface area contributed by atoms with Gasteiger partial charge in [0.25, 0.3) is 0 Å². The molecule has 4 nitrogen and oxygen atoms in total. The Morgan fingerprint density at radius 1 is 1.41 bits per heavy atom. The number of hydrogen-bond donors (Lipinski definition) is 0. The minimum atomic E-state index is -0.620. The lowest BCUT2D eigenvalue weighted by Crippen LogP contribution is -2.31. The first-order valence-electron chi connectivity index (χ1n) is 5.69. The first kappa shape index (κ1) is 11.6. The number of carbonyl (C=O) groups is 1. The van der Waals surface area contributed by atoms with Crippen molar-refractivity contribution in [1.82, 2.24) is 0 Å². The fourth-order valence-corrected chi connectivity index (χ4v) is 1.69. The van der Waals surface area contributed by atoms with Crippen LogP contribution in [0.2, 0.25) is 0 Å². The highest BCUT2D eigenvalue weighted by atomic mass is 16.6. The Labute approximate surface area is 100 Å². The molecule has 4 heteroatoms. The Morgan fingerprint density at radius 2 is 2.12 bits per heavy atom. The van der Waals surface area contributed by atoms with Crippen molar-refractivity contribution in [3.8, 4) is 0 Å². The summed E-state index contributed by atoms with van der Waals surface area (Å²) in [5.74, 6) is 0.158. The third-order valence-corrected chi connectivity index (χ3v) is 2.54. The van der Waals surface area contributed by atoms with Crippen molar-refractivity contribution < 1.29 is 14.3 Å². The van der Waals surface area contributed by atoms with Crippen LogP contribution in [0.3, 0.4) is 0 Å². The number of carbonyl (C=O) groups excluding carboxylic acids is 1. The van der Waals surface area contributed by atoms with Gasteiger partial charge in [-0.15, -0.1) is 0 Å². The van der Waals surface area contributed by atoms with E-state index >= 15 is 0 Å². The topological polar surface area (TPSA) is 47.9 Å². The Hall–Kier alpha value is -1.84. The molecule has 0 saturated carbocycles. The second kappa shape index (κ2) is 4.99. The van der Waals surface area contributed by atoms with Gasteiger partial charge in [-0.1, -0.05) is 18.2 Å². The molecule has 2 rings (SSSR count). The molecular weight excluding hydrogens is 218 g/mol. The van der Waals surface area contributed by atoms with Crippen LogP contribution in [0.5, 0.6) is 0 Å². The van der Waals surface area contributed by atoms with Crippen molar-refractivity contribution in [3.05, 3.63) is 35.9 Å². The average Bonchev–Trinajstić information content (AvgIpc) is 2.73. The molecule has 1 aromatic rings. The summed E-state index contributed by atoms with van der Waals surface area (Å²) in [4.78, 5) is 15.9. The molecule has 2 atom stereocenters. The average molecular weight is 233 g/mol. The van der Waals surface area contributed by atoms with Crippen LogP contribution in [0.1, 0.15) is 19.4 Å². The van der Waals surface area contributed by atoms with Crippen molar-refractivity contribution in [1.29, 1.82) is 0 Å². The number of benzene rings is 1. The van der Waals surface area contributed by atoms with Crippen LogP contribution in [0, 0.1) is 0 Å². The number of ether oxygens (including phenoxy) is 2. The minimum absolute atomic E-state index is 0.204. The van der Waals surface area contributed by atoms with Gasteiger partial charge in [0, 0.05) is 5.56 Å². The van der Waals surface area contributed by atoms with Gasteiger partial charge in [0.2, 0.25) is 12.0 Å². The molecule has 0 bridgehead atoms. The molecule has 0 aromatic heterocycles. The first-order valence-corrected chi connectivity index (χ1v) is 5.69. The molecule has 0 amide bonds. The highest BCUT2D eigenvalue weighted by Gasteiger charge is 2.35. The van der Waals surface area contributed by atoms with Crippen LogP contribution >= 0.6 is 0 Å². The van der Waals surface area contributed by atoms with E-state index in [2.05, 4.69) is 4.99 Å². The van der Waals surface area contributed by atoms with Gasteiger partial charge >= 0.3 is 5.97 Å². The maximum atomic E-state index is 11.6. The van der Waals surface area contributed by atoms with E-state index in [0.29, 0.717) is 12.5 Å². The molecule has 0 fully saturated rings. The summed E-state index contributed by atoms with van der Waals surface area (Å²) < 4.78 is 10.5. The highest BCUT2D eigenvalue weighted by molar-refractivity contribution is 5.97. The summed E-state index contributed by atoms with van der Waals surface area (Å²) in [5, 5.41) is 0. The molecule has 0 radical (unpaired) electrons. The quantitative estimate of drug-likeness (QED) is 0.748. The predicted octanol–water partition coefficient (Wildman–Crippen LogP) is 1.78. The zero-order valence-electron chi connectivity index (χ0n) is 9.92. The fraction of sp³-hybridized carbons (Fsp3) is 0.385. The molecule has 1 aliphatic rings. The third kappa shape index (κ3) is 2.46. The number of hydrogen-bond acceptors (Lipinski definition) is 4.